The van der Waals surface area contributed by atoms with E-state index in [4.69, 9.17) is 0 Å². The third kappa shape index (κ3) is 2.91. The molecule has 1 aromatic heterocycles. The van der Waals surface area contributed by atoms with Gasteiger partial charge in [0.2, 0.25) is 0 Å². The highest BCUT2D eigenvalue weighted by atomic mass is 16.2. The van der Waals surface area contributed by atoms with Gasteiger partial charge in [-0.1, -0.05) is 18.2 Å². The molecule has 0 spiro atoms. The number of nitrogens with zero attached hydrogens (tertiary/aromatic N) is 1. The van der Waals surface area contributed by atoms with Gasteiger partial charge in [0.05, 0.1) is 17.5 Å². The van der Waals surface area contributed by atoms with E-state index in [2.05, 4.69) is 20.5 Å². The first-order chi connectivity index (χ1) is 8.25. The minimum Gasteiger partial charge on any atom is -0.313 e. The van der Waals surface area contributed by atoms with E-state index in [1.54, 1.807) is 0 Å². The molecular formula is C11H10N4O2. The van der Waals surface area contributed by atoms with Crippen LogP contribution in [0, 0.1) is 0 Å². The predicted molar refractivity (Wildman–Crippen MR) is 65.3 cm³/mol. The predicted octanol–water partition coefficient (Wildman–Crippen LogP) is 0.509. The highest BCUT2D eigenvalue weighted by Gasteiger charge is 1.95. The number of aromatic amines is 2. The number of aromatic nitrogens is 2. The maximum Gasteiger partial charge on any atom is 0.325 e. The van der Waals surface area contributed by atoms with E-state index in [0.717, 1.165) is 5.69 Å². The van der Waals surface area contributed by atoms with E-state index in [9.17, 15) is 9.59 Å². The van der Waals surface area contributed by atoms with Crippen molar-refractivity contribution in [3.63, 3.8) is 0 Å². The smallest absolute Gasteiger partial charge is 0.313 e. The Morgan fingerprint density at radius 1 is 1.18 bits per heavy atom. The Balaban J connectivity index is 2.11. The van der Waals surface area contributed by atoms with Gasteiger partial charge in [-0.2, -0.15) is 5.10 Å². The van der Waals surface area contributed by atoms with Crippen LogP contribution in [0.25, 0.3) is 0 Å². The van der Waals surface area contributed by atoms with E-state index < -0.39 is 11.2 Å². The molecule has 2 aromatic rings. The largest absolute Gasteiger partial charge is 0.325 e. The van der Waals surface area contributed by atoms with Crippen molar-refractivity contribution in [3.8, 4) is 0 Å². The van der Waals surface area contributed by atoms with Crippen LogP contribution in [-0.2, 0) is 0 Å². The Hall–Kier alpha value is -2.63. The fraction of sp³-hybridized carbons (Fsp3) is 0. The van der Waals surface area contributed by atoms with Gasteiger partial charge in [-0.15, -0.1) is 0 Å². The summed E-state index contributed by atoms with van der Waals surface area (Å²) in [6.45, 7) is 0. The van der Waals surface area contributed by atoms with Gasteiger partial charge < -0.3 is 4.98 Å². The molecule has 0 aliphatic heterocycles. The third-order valence-corrected chi connectivity index (χ3v) is 2.02. The minimum absolute atomic E-state index is 0.271. The summed E-state index contributed by atoms with van der Waals surface area (Å²) in [6, 6.07) is 9.31. The van der Waals surface area contributed by atoms with Gasteiger partial charge in [0.25, 0.3) is 5.56 Å². The molecule has 86 valence electrons. The maximum absolute atomic E-state index is 11.3. The molecule has 2 rings (SSSR count). The molecule has 1 aromatic carbocycles. The molecular weight excluding hydrogens is 220 g/mol. The molecule has 0 radical (unpaired) electrons. The summed E-state index contributed by atoms with van der Waals surface area (Å²) in [5.74, 6) is 0. The lowest BCUT2D eigenvalue weighted by Gasteiger charge is -1.97. The van der Waals surface area contributed by atoms with Crippen LogP contribution in [0.1, 0.15) is 5.56 Å². The summed E-state index contributed by atoms with van der Waals surface area (Å²) in [6.07, 6.45) is 2.64. The van der Waals surface area contributed by atoms with Gasteiger partial charge in [0.1, 0.15) is 0 Å². The number of hydrazone groups is 1. The normalized spacial score (nSPS) is 10.6. The zero-order chi connectivity index (χ0) is 12.1. The van der Waals surface area contributed by atoms with E-state index in [0.29, 0.717) is 0 Å². The third-order valence-electron chi connectivity index (χ3n) is 2.02. The second-order valence-electron chi connectivity index (χ2n) is 3.26. The van der Waals surface area contributed by atoms with Crippen LogP contribution in [0.5, 0.6) is 0 Å². The monoisotopic (exact) mass is 230 g/mol. The molecule has 3 N–H and O–H groups in total. The first-order valence-corrected chi connectivity index (χ1v) is 4.92. The van der Waals surface area contributed by atoms with Crippen molar-refractivity contribution >= 4 is 11.9 Å². The molecule has 0 amide bonds. The van der Waals surface area contributed by atoms with Crippen molar-refractivity contribution in [2.75, 3.05) is 5.43 Å². The average Bonchev–Trinajstić information content (AvgIpc) is 2.33. The van der Waals surface area contributed by atoms with Gasteiger partial charge in [0.15, 0.2) is 0 Å². The molecule has 0 aliphatic rings. The zero-order valence-electron chi connectivity index (χ0n) is 8.81. The molecule has 17 heavy (non-hydrogen) atoms. The van der Waals surface area contributed by atoms with Crippen LogP contribution >= 0.6 is 0 Å². The van der Waals surface area contributed by atoms with Crippen LogP contribution in [0.3, 0.4) is 0 Å². The average molecular weight is 230 g/mol. The van der Waals surface area contributed by atoms with Gasteiger partial charge in [-0.25, -0.2) is 4.79 Å². The molecule has 0 unspecified atom stereocenters. The summed E-state index contributed by atoms with van der Waals surface area (Å²) in [5.41, 5.74) is 2.82. The van der Waals surface area contributed by atoms with Crippen molar-refractivity contribution in [2.45, 2.75) is 0 Å². The second-order valence-corrected chi connectivity index (χ2v) is 3.26. The SMILES string of the molecule is O=c1[nH]cc(/C=N\Nc2ccccc2)c(=O)[nH]1. The lowest BCUT2D eigenvalue weighted by molar-refractivity contribution is 1.03. The van der Waals surface area contributed by atoms with Gasteiger partial charge in [-0.05, 0) is 12.1 Å². The molecule has 0 saturated heterocycles. The van der Waals surface area contributed by atoms with Crippen molar-refractivity contribution < 1.29 is 0 Å². The highest BCUT2D eigenvalue weighted by molar-refractivity contribution is 5.79. The first kappa shape index (κ1) is 10.9. The molecule has 0 fully saturated rings. The Morgan fingerprint density at radius 3 is 2.65 bits per heavy atom. The summed E-state index contributed by atoms with van der Waals surface area (Å²) >= 11 is 0. The molecule has 0 atom stereocenters. The molecule has 0 aliphatic carbocycles. The minimum atomic E-state index is -0.539. The fourth-order valence-corrected chi connectivity index (χ4v) is 1.21. The molecule has 1 heterocycles. The fourth-order valence-electron chi connectivity index (χ4n) is 1.21. The topological polar surface area (TPSA) is 90.1 Å². The number of nitrogens with one attached hydrogen (secondary N) is 3. The number of para-hydroxylation sites is 1. The number of hydrogen-bond acceptors (Lipinski definition) is 4. The number of H-pyrrole nitrogens is 2. The van der Waals surface area contributed by atoms with E-state index >= 15 is 0 Å². The van der Waals surface area contributed by atoms with Crippen LogP contribution in [0.2, 0.25) is 0 Å². The zero-order valence-corrected chi connectivity index (χ0v) is 8.81. The quantitative estimate of drug-likeness (QED) is 0.530. The number of hydrogen-bond donors (Lipinski definition) is 3. The van der Waals surface area contributed by atoms with Crippen LogP contribution in [-0.4, -0.2) is 16.2 Å². The lowest BCUT2D eigenvalue weighted by atomic mass is 10.3. The number of rotatable bonds is 3. The Labute approximate surface area is 96.0 Å². The summed E-state index contributed by atoms with van der Waals surface area (Å²) in [5, 5.41) is 3.89. The van der Waals surface area contributed by atoms with Gasteiger partial charge in [0, 0.05) is 6.20 Å². The van der Waals surface area contributed by atoms with Crippen molar-refractivity contribution in [1.82, 2.24) is 9.97 Å². The van der Waals surface area contributed by atoms with E-state index in [-0.39, 0.29) is 5.56 Å². The number of anilines is 1. The van der Waals surface area contributed by atoms with Gasteiger partial charge in [-0.3, -0.25) is 15.2 Å². The Morgan fingerprint density at radius 2 is 1.94 bits per heavy atom. The van der Waals surface area contributed by atoms with E-state index in [1.807, 2.05) is 30.3 Å². The maximum atomic E-state index is 11.3. The lowest BCUT2D eigenvalue weighted by Crippen LogP contribution is -2.24. The second kappa shape index (κ2) is 4.93. The molecule has 6 heteroatoms. The van der Waals surface area contributed by atoms with Crippen LogP contribution < -0.4 is 16.7 Å². The number of benzene rings is 1. The van der Waals surface area contributed by atoms with Gasteiger partial charge >= 0.3 is 5.69 Å². The van der Waals surface area contributed by atoms with Crippen molar-refractivity contribution in [3.05, 3.63) is 62.9 Å². The molecule has 0 saturated carbocycles. The molecule has 0 bridgehead atoms. The first-order valence-electron chi connectivity index (χ1n) is 4.92. The highest BCUT2D eigenvalue weighted by Crippen LogP contribution is 2.03. The summed E-state index contributed by atoms with van der Waals surface area (Å²) in [4.78, 5) is 26.5. The Kier molecular flexibility index (Phi) is 3.15. The van der Waals surface area contributed by atoms with Crippen molar-refractivity contribution in [2.24, 2.45) is 5.10 Å². The summed E-state index contributed by atoms with van der Waals surface area (Å²) in [7, 11) is 0. The Bertz CT molecular complexity index is 628. The van der Waals surface area contributed by atoms with E-state index in [1.165, 1.54) is 12.4 Å². The summed E-state index contributed by atoms with van der Waals surface area (Å²) < 4.78 is 0. The van der Waals surface area contributed by atoms with Crippen LogP contribution in [0.4, 0.5) is 5.69 Å². The van der Waals surface area contributed by atoms with Crippen molar-refractivity contribution in [1.29, 1.82) is 0 Å². The van der Waals surface area contributed by atoms with Crippen LogP contribution in [0.15, 0.2) is 51.2 Å². The standard InChI is InChI=1S/C11H10N4O2/c16-10-8(6-12-11(17)14-10)7-13-15-9-4-2-1-3-5-9/h1-7,15H,(H2,12,14,16,17)/b13-7-. The molecule has 6 nitrogen and oxygen atoms in total.